The van der Waals surface area contributed by atoms with Crippen LogP contribution in [-0.4, -0.2) is 26.8 Å². The molecule has 0 saturated heterocycles. The molecule has 0 spiro atoms. The van der Waals surface area contributed by atoms with Gasteiger partial charge in [-0.15, -0.1) is 0 Å². The summed E-state index contributed by atoms with van der Waals surface area (Å²) in [6, 6.07) is 7.17. The molecule has 2 atom stereocenters. The van der Waals surface area contributed by atoms with Gasteiger partial charge in [0.25, 0.3) is 0 Å². The summed E-state index contributed by atoms with van der Waals surface area (Å²) in [5.41, 5.74) is 6.22. The molecule has 0 aromatic heterocycles. The number of anilines is 1. The first-order chi connectivity index (χ1) is 9.02. The number of sulfonamides is 1. The van der Waals surface area contributed by atoms with Crippen LogP contribution in [0, 0.1) is 5.92 Å². The number of hydrogen-bond donors (Lipinski definition) is 2. The molecule has 0 heterocycles. The Bertz CT molecular complexity index is 530. The quantitative estimate of drug-likeness (QED) is 0.741. The fraction of sp³-hybridized carbons (Fsp3) is 0.538. The minimum Gasteiger partial charge on any atom is -0.490 e. The summed E-state index contributed by atoms with van der Waals surface area (Å²) in [4.78, 5) is 0. The predicted molar refractivity (Wildman–Crippen MR) is 75.5 cm³/mol. The van der Waals surface area contributed by atoms with Gasteiger partial charge in [0.05, 0.1) is 11.4 Å². The molecule has 1 aromatic rings. The molecule has 5 nitrogen and oxygen atoms in total. The maximum atomic E-state index is 11.8. The summed E-state index contributed by atoms with van der Waals surface area (Å²) in [7, 11) is -3.26. The van der Waals surface area contributed by atoms with E-state index in [4.69, 9.17) is 10.5 Å². The summed E-state index contributed by atoms with van der Waals surface area (Å²) in [5, 5.41) is 0. The fourth-order valence-electron chi connectivity index (χ4n) is 2.01. The Kier molecular flexibility index (Phi) is 4.31. The minimum atomic E-state index is -3.26. The third kappa shape index (κ3) is 4.11. The third-order valence-corrected chi connectivity index (χ3v) is 4.67. The maximum Gasteiger partial charge on any atom is 0.215 e. The van der Waals surface area contributed by atoms with Gasteiger partial charge in [-0.05, 0) is 24.5 Å². The molecular weight excluding hydrogens is 264 g/mol. The van der Waals surface area contributed by atoms with Crippen LogP contribution in [0.5, 0.6) is 5.75 Å². The third-order valence-electron chi connectivity index (χ3n) is 3.31. The maximum absolute atomic E-state index is 11.8. The summed E-state index contributed by atoms with van der Waals surface area (Å²) >= 11 is 0. The van der Waals surface area contributed by atoms with Crippen molar-refractivity contribution in [1.29, 1.82) is 0 Å². The molecule has 1 aromatic carbocycles. The molecule has 1 aliphatic rings. The highest BCUT2D eigenvalue weighted by molar-refractivity contribution is 7.89. The van der Waals surface area contributed by atoms with Crippen LogP contribution in [-0.2, 0) is 10.0 Å². The molecule has 1 fully saturated rings. The lowest BCUT2D eigenvalue weighted by atomic mass is 10.3. The zero-order valence-electron chi connectivity index (χ0n) is 11.0. The van der Waals surface area contributed by atoms with Gasteiger partial charge in [0.1, 0.15) is 12.4 Å². The van der Waals surface area contributed by atoms with Gasteiger partial charge in [0.2, 0.25) is 10.0 Å². The van der Waals surface area contributed by atoms with E-state index in [0.717, 1.165) is 12.8 Å². The van der Waals surface area contributed by atoms with Crippen molar-refractivity contribution < 1.29 is 13.2 Å². The highest BCUT2D eigenvalue weighted by Gasteiger charge is 2.38. The van der Waals surface area contributed by atoms with Crippen LogP contribution in [0.3, 0.4) is 0 Å². The van der Waals surface area contributed by atoms with Crippen molar-refractivity contribution in [3.63, 3.8) is 0 Å². The molecule has 1 saturated carbocycles. The van der Waals surface area contributed by atoms with E-state index in [1.165, 1.54) is 0 Å². The minimum absolute atomic E-state index is 0.0474. The van der Waals surface area contributed by atoms with E-state index in [9.17, 15) is 8.42 Å². The first-order valence-electron chi connectivity index (χ1n) is 6.49. The average molecular weight is 284 g/mol. The van der Waals surface area contributed by atoms with Crippen molar-refractivity contribution in [1.82, 2.24) is 4.72 Å². The zero-order valence-corrected chi connectivity index (χ0v) is 11.8. The van der Waals surface area contributed by atoms with Crippen molar-refractivity contribution in [2.75, 3.05) is 18.1 Å². The number of nitrogens with two attached hydrogens (primary N) is 1. The molecule has 6 heteroatoms. The second kappa shape index (κ2) is 5.79. The standard InChI is InChI=1S/C13H20N2O3S/c1-2-10-9-12(10)15-19(16,17)8-7-18-13-6-4-3-5-11(13)14/h3-6,10,12,15H,2,7-9,14H2,1H3. The average Bonchev–Trinajstić information content (AvgIpc) is 3.09. The summed E-state index contributed by atoms with van der Waals surface area (Å²) < 4.78 is 31.7. The molecule has 2 rings (SSSR count). The molecule has 2 unspecified atom stereocenters. The van der Waals surface area contributed by atoms with E-state index in [-0.39, 0.29) is 18.4 Å². The van der Waals surface area contributed by atoms with Gasteiger partial charge in [-0.2, -0.15) is 0 Å². The number of rotatable bonds is 7. The Morgan fingerprint density at radius 2 is 2.16 bits per heavy atom. The van der Waals surface area contributed by atoms with Crippen molar-refractivity contribution >= 4 is 15.7 Å². The van der Waals surface area contributed by atoms with Crippen LogP contribution in [0.2, 0.25) is 0 Å². The van der Waals surface area contributed by atoms with Crippen LogP contribution in [0.1, 0.15) is 19.8 Å². The lowest BCUT2D eigenvalue weighted by Crippen LogP contribution is -2.31. The van der Waals surface area contributed by atoms with Crippen molar-refractivity contribution in [2.45, 2.75) is 25.8 Å². The number of hydrogen-bond acceptors (Lipinski definition) is 4. The van der Waals surface area contributed by atoms with Crippen LogP contribution in [0.15, 0.2) is 24.3 Å². The Hall–Kier alpha value is -1.27. The van der Waals surface area contributed by atoms with Gasteiger partial charge in [0.15, 0.2) is 0 Å². The van der Waals surface area contributed by atoms with Crippen molar-refractivity contribution in [2.24, 2.45) is 5.92 Å². The molecule has 3 N–H and O–H groups in total. The highest BCUT2D eigenvalue weighted by Crippen LogP contribution is 2.33. The smallest absolute Gasteiger partial charge is 0.215 e. The monoisotopic (exact) mass is 284 g/mol. The molecule has 0 radical (unpaired) electrons. The van der Waals surface area contributed by atoms with E-state index in [1.807, 2.05) is 0 Å². The van der Waals surface area contributed by atoms with Crippen LogP contribution in [0.4, 0.5) is 5.69 Å². The largest absolute Gasteiger partial charge is 0.490 e. The van der Waals surface area contributed by atoms with Gasteiger partial charge in [-0.1, -0.05) is 25.5 Å². The van der Waals surface area contributed by atoms with E-state index in [2.05, 4.69) is 11.6 Å². The molecule has 0 amide bonds. The SMILES string of the molecule is CCC1CC1NS(=O)(=O)CCOc1ccccc1N. The van der Waals surface area contributed by atoms with E-state index in [1.54, 1.807) is 24.3 Å². The predicted octanol–water partition coefficient (Wildman–Crippen LogP) is 1.37. The van der Waals surface area contributed by atoms with E-state index < -0.39 is 10.0 Å². The topological polar surface area (TPSA) is 81.4 Å². The summed E-state index contributed by atoms with van der Waals surface area (Å²) in [6.45, 7) is 2.17. The molecule has 106 valence electrons. The number of nitrogens with one attached hydrogen (secondary N) is 1. The Balaban J connectivity index is 1.77. The lowest BCUT2D eigenvalue weighted by Gasteiger charge is -2.09. The first kappa shape index (κ1) is 14.1. The van der Waals surface area contributed by atoms with Gasteiger partial charge in [-0.3, -0.25) is 0 Å². The summed E-state index contributed by atoms with van der Waals surface area (Å²) in [6.07, 6.45) is 1.96. The second-order valence-corrected chi connectivity index (χ2v) is 6.71. The molecular formula is C13H20N2O3S. The Morgan fingerprint density at radius 3 is 2.79 bits per heavy atom. The molecule has 19 heavy (non-hydrogen) atoms. The first-order valence-corrected chi connectivity index (χ1v) is 8.14. The van der Waals surface area contributed by atoms with Crippen LogP contribution < -0.4 is 15.2 Å². The number of nitrogen functional groups attached to an aromatic ring is 1. The lowest BCUT2D eigenvalue weighted by molar-refractivity contribution is 0.342. The molecule has 0 bridgehead atoms. The summed E-state index contributed by atoms with van der Waals surface area (Å²) in [5.74, 6) is 0.977. The van der Waals surface area contributed by atoms with Crippen LogP contribution in [0.25, 0.3) is 0 Å². The van der Waals surface area contributed by atoms with Gasteiger partial charge >= 0.3 is 0 Å². The Labute approximate surface area is 114 Å². The number of para-hydroxylation sites is 2. The van der Waals surface area contributed by atoms with Crippen molar-refractivity contribution in [3.8, 4) is 5.75 Å². The second-order valence-electron chi connectivity index (χ2n) is 4.83. The van der Waals surface area contributed by atoms with Crippen molar-refractivity contribution in [3.05, 3.63) is 24.3 Å². The zero-order chi connectivity index (χ0) is 13.9. The van der Waals surface area contributed by atoms with Gasteiger partial charge < -0.3 is 10.5 Å². The molecule has 1 aliphatic carbocycles. The van der Waals surface area contributed by atoms with Gasteiger partial charge in [-0.25, -0.2) is 13.1 Å². The normalized spacial score (nSPS) is 22.2. The number of ether oxygens (including phenoxy) is 1. The fourth-order valence-corrected chi connectivity index (χ4v) is 3.18. The Morgan fingerprint density at radius 1 is 1.42 bits per heavy atom. The van der Waals surface area contributed by atoms with Gasteiger partial charge in [0, 0.05) is 6.04 Å². The van der Waals surface area contributed by atoms with E-state index in [0.29, 0.717) is 17.4 Å². The van der Waals surface area contributed by atoms with Crippen LogP contribution >= 0.6 is 0 Å². The van der Waals surface area contributed by atoms with E-state index >= 15 is 0 Å². The number of benzene rings is 1. The highest BCUT2D eigenvalue weighted by atomic mass is 32.2. The molecule has 0 aliphatic heterocycles.